The molecule has 5 fully saturated rings. The highest BCUT2D eigenvalue weighted by Gasteiger charge is 2.60. The van der Waals surface area contributed by atoms with Crippen LogP contribution in [0.5, 0.6) is 11.8 Å². The van der Waals surface area contributed by atoms with E-state index in [4.69, 9.17) is 19.4 Å². The average molecular weight is 764 g/mol. The van der Waals surface area contributed by atoms with Gasteiger partial charge in [-0.25, -0.2) is 17.2 Å². The molecular weight excluding hydrogens is 717 g/mol. The van der Waals surface area contributed by atoms with Gasteiger partial charge in [0.2, 0.25) is 0 Å². The molecule has 54 heavy (non-hydrogen) atoms. The number of hydrogen-bond donors (Lipinski definition) is 2. The molecule has 3 atom stereocenters. The fourth-order valence-electron chi connectivity index (χ4n) is 10.6. The van der Waals surface area contributed by atoms with Crippen LogP contribution in [0, 0.1) is 22.5 Å². The molecule has 0 amide bonds. The maximum absolute atomic E-state index is 17.1. The zero-order chi connectivity index (χ0) is 37.6. The summed E-state index contributed by atoms with van der Waals surface area (Å²) in [4.78, 5) is 18.6. The van der Waals surface area contributed by atoms with Gasteiger partial charge in [0.25, 0.3) is 0 Å². The SMILES string of the molecule is CCc1c(F)ccc2cc(O)cc(-c3ncc4c(N5CCOC[C@@](C)(O)C5)nc(OC[C@]56CCC[C@H]5N(C5CC7(C5)CS(=O)(=O)C7)CCC6)nc4c3F)c12. The molecule has 2 aliphatic carbocycles. The number of nitrogens with zero attached hydrogens (tertiary/aromatic N) is 5. The lowest BCUT2D eigenvalue weighted by Crippen LogP contribution is -2.66. The van der Waals surface area contributed by atoms with E-state index in [1.807, 2.05) is 11.8 Å². The lowest BCUT2D eigenvalue weighted by atomic mass is 9.64. The highest BCUT2D eigenvalue weighted by atomic mass is 32.2. The number of aromatic hydroxyl groups is 1. The summed E-state index contributed by atoms with van der Waals surface area (Å²) >= 11 is 0. The van der Waals surface area contributed by atoms with Crippen molar-refractivity contribution in [1.82, 2.24) is 19.9 Å². The fraction of sp³-hybridized carbons (Fsp3) is 0.575. The summed E-state index contributed by atoms with van der Waals surface area (Å²) in [6.07, 6.45) is 8.78. The van der Waals surface area contributed by atoms with Gasteiger partial charge in [0.15, 0.2) is 15.7 Å². The summed E-state index contributed by atoms with van der Waals surface area (Å²) in [6, 6.07) is 6.53. The van der Waals surface area contributed by atoms with Crippen molar-refractivity contribution < 1.29 is 36.9 Å². The van der Waals surface area contributed by atoms with Crippen LogP contribution in [0.4, 0.5) is 14.6 Å². The van der Waals surface area contributed by atoms with Crippen LogP contribution in [0.15, 0.2) is 30.5 Å². The predicted octanol–water partition coefficient (Wildman–Crippen LogP) is 5.57. The summed E-state index contributed by atoms with van der Waals surface area (Å²) in [7, 11) is -2.88. The summed E-state index contributed by atoms with van der Waals surface area (Å²) in [5.74, 6) is -0.290. The van der Waals surface area contributed by atoms with Gasteiger partial charge in [0.1, 0.15) is 34.2 Å². The molecule has 2 N–H and O–H groups in total. The van der Waals surface area contributed by atoms with Gasteiger partial charge in [-0.15, -0.1) is 0 Å². The molecule has 0 unspecified atom stereocenters. The second-order valence-corrected chi connectivity index (χ2v) is 19.0. The Hall–Kier alpha value is -3.72. The Balaban J connectivity index is 1.09. The molecule has 3 aliphatic heterocycles. The van der Waals surface area contributed by atoms with E-state index < -0.39 is 27.1 Å². The van der Waals surface area contributed by atoms with Gasteiger partial charge in [-0.2, -0.15) is 9.97 Å². The third-order valence-corrected chi connectivity index (χ3v) is 15.0. The van der Waals surface area contributed by atoms with Crippen LogP contribution in [0.2, 0.25) is 0 Å². The largest absolute Gasteiger partial charge is 0.508 e. The Labute approximate surface area is 313 Å². The zero-order valence-electron chi connectivity index (χ0n) is 30.8. The lowest BCUT2D eigenvalue weighted by Gasteiger charge is -2.60. The first-order valence-electron chi connectivity index (χ1n) is 19.2. The van der Waals surface area contributed by atoms with Crippen molar-refractivity contribution in [3.05, 3.63) is 47.7 Å². The van der Waals surface area contributed by atoms with Gasteiger partial charge in [-0.1, -0.05) is 19.4 Å². The molecular formula is C40H47F2N5O6S. The van der Waals surface area contributed by atoms with Gasteiger partial charge in [-0.05, 0) is 92.9 Å². The first-order chi connectivity index (χ1) is 25.8. The molecule has 0 bridgehead atoms. The normalized spacial score (nSPS) is 28.2. The molecule has 0 radical (unpaired) electrons. The topological polar surface area (TPSA) is 138 Å². The van der Waals surface area contributed by atoms with E-state index >= 15 is 8.78 Å². The number of phenols is 1. The Morgan fingerprint density at radius 3 is 2.67 bits per heavy atom. The van der Waals surface area contributed by atoms with E-state index in [0.29, 0.717) is 77.3 Å². The van der Waals surface area contributed by atoms with Gasteiger partial charge >= 0.3 is 6.01 Å². The number of rotatable bonds is 7. The Kier molecular flexibility index (Phi) is 8.60. The van der Waals surface area contributed by atoms with Crippen LogP contribution in [-0.4, -0.2) is 107 Å². The third kappa shape index (κ3) is 6.08. The number of benzene rings is 2. The Bertz CT molecular complexity index is 2250. The number of ether oxygens (including phenoxy) is 2. The fourth-order valence-corrected chi connectivity index (χ4v) is 12.9. The number of sulfone groups is 1. The van der Waals surface area contributed by atoms with E-state index in [1.165, 1.54) is 24.4 Å². The average Bonchev–Trinajstić information content (AvgIpc) is 3.45. The maximum Gasteiger partial charge on any atom is 0.319 e. The zero-order valence-corrected chi connectivity index (χ0v) is 31.6. The molecule has 2 aromatic carbocycles. The van der Waals surface area contributed by atoms with Gasteiger partial charge in [0, 0.05) is 41.2 Å². The number of β-amino-alcohol motifs (C(OH)–C–C–N with tert-alkyl or cyclic N) is 1. The molecule has 5 aliphatic rings. The summed E-state index contributed by atoms with van der Waals surface area (Å²) in [5, 5.41) is 23.1. The van der Waals surface area contributed by atoms with Gasteiger partial charge in [0.05, 0.1) is 43.3 Å². The first kappa shape index (κ1) is 35.9. The number of anilines is 1. The van der Waals surface area contributed by atoms with E-state index in [1.54, 1.807) is 13.0 Å². The number of aromatic nitrogens is 3. The standard InChI is InChI=1S/C40H47F2N5O6S/c1-3-27-30(41)8-7-24-14-26(48)15-28(32(24)27)34-33(42)35-29(18-43-34)36(46-12-13-52-20-38(2,49)19-46)45-37(44-35)53-21-40-9-4-6-31(40)47(11-5-10-40)25-16-39(17-25)22-54(50,51)23-39/h7-8,14-15,18,25,31,48-49H,3-6,9-13,16-17,19-23H2,1-2H3/t31-,38+,40-/m1/s1. The van der Waals surface area contributed by atoms with Crippen LogP contribution in [-0.2, 0) is 21.0 Å². The molecule has 288 valence electrons. The number of phenolic OH excluding ortho intramolecular Hbond substituents is 1. The van der Waals surface area contributed by atoms with Crippen molar-refractivity contribution >= 4 is 37.3 Å². The Morgan fingerprint density at radius 1 is 1.09 bits per heavy atom. The number of aryl methyl sites for hydroxylation is 1. The number of pyridine rings is 1. The number of hydrogen-bond acceptors (Lipinski definition) is 11. The molecule has 2 aromatic heterocycles. The number of aliphatic hydroxyl groups is 1. The van der Waals surface area contributed by atoms with Crippen LogP contribution in [0.1, 0.15) is 64.4 Å². The second kappa shape index (κ2) is 12.9. The molecule has 2 saturated carbocycles. The van der Waals surface area contributed by atoms with Crippen LogP contribution >= 0.6 is 0 Å². The molecule has 11 nitrogen and oxygen atoms in total. The number of halogens is 2. The predicted molar refractivity (Wildman–Crippen MR) is 201 cm³/mol. The minimum Gasteiger partial charge on any atom is -0.508 e. The molecule has 1 spiro atoms. The van der Waals surface area contributed by atoms with Gasteiger partial charge in [-0.3, -0.25) is 9.88 Å². The van der Waals surface area contributed by atoms with E-state index in [2.05, 4.69) is 9.88 Å². The highest BCUT2D eigenvalue weighted by molar-refractivity contribution is 7.92. The Morgan fingerprint density at radius 2 is 1.89 bits per heavy atom. The van der Waals surface area contributed by atoms with Crippen molar-refractivity contribution in [2.24, 2.45) is 10.8 Å². The minimum atomic E-state index is -2.88. The molecule has 5 heterocycles. The van der Waals surface area contributed by atoms with E-state index in [9.17, 15) is 18.6 Å². The second-order valence-electron chi connectivity index (χ2n) is 16.9. The lowest BCUT2D eigenvalue weighted by molar-refractivity contribution is -0.0726. The number of piperidine rings is 1. The summed E-state index contributed by atoms with van der Waals surface area (Å²) in [5.41, 5.74) is -0.850. The van der Waals surface area contributed by atoms with Crippen molar-refractivity contribution in [2.75, 3.05) is 55.9 Å². The molecule has 9 rings (SSSR count). The quantitative estimate of drug-likeness (QED) is 0.245. The third-order valence-electron chi connectivity index (χ3n) is 12.9. The van der Waals surface area contributed by atoms with Crippen molar-refractivity contribution in [3.8, 4) is 23.0 Å². The number of likely N-dealkylation sites (tertiary alicyclic amines) is 1. The summed E-state index contributed by atoms with van der Waals surface area (Å²) < 4.78 is 68.5. The monoisotopic (exact) mass is 763 g/mol. The van der Waals surface area contributed by atoms with Crippen molar-refractivity contribution in [1.29, 1.82) is 0 Å². The minimum absolute atomic E-state index is 0.0128. The van der Waals surface area contributed by atoms with Crippen LogP contribution in [0.25, 0.3) is 32.9 Å². The highest BCUT2D eigenvalue weighted by Crippen LogP contribution is 2.56. The maximum atomic E-state index is 17.1. The van der Waals surface area contributed by atoms with E-state index in [0.717, 1.165) is 51.5 Å². The van der Waals surface area contributed by atoms with Gasteiger partial charge < -0.3 is 24.6 Å². The van der Waals surface area contributed by atoms with Crippen molar-refractivity contribution in [2.45, 2.75) is 82.9 Å². The molecule has 14 heteroatoms. The van der Waals surface area contributed by atoms with Crippen molar-refractivity contribution in [3.63, 3.8) is 0 Å². The molecule has 4 aromatic rings. The van der Waals surface area contributed by atoms with Crippen LogP contribution in [0.3, 0.4) is 0 Å². The molecule has 3 saturated heterocycles. The smallest absolute Gasteiger partial charge is 0.319 e. The number of fused-ring (bicyclic) bond motifs is 3. The first-order valence-corrected chi connectivity index (χ1v) is 21.1. The summed E-state index contributed by atoms with van der Waals surface area (Å²) in [6.45, 7) is 5.85. The van der Waals surface area contributed by atoms with Crippen LogP contribution < -0.4 is 9.64 Å². The van der Waals surface area contributed by atoms with E-state index in [-0.39, 0.29) is 52.5 Å².